The third-order valence-electron chi connectivity index (χ3n) is 4.84. The van der Waals surface area contributed by atoms with Crippen molar-refractivity contribution in [3.8, 4) is 11.5 Å². The number of halogens is 2. The van der Waals surface area contributed by atoms with Crippen molar-refractivity contribution in [2.75, 3.05) is 0 Å². The summed E-state index contributed by atoms with van der Waals surface area (Å²) in [6, 6.07) is 19.5. The molecule has 3 aromatic carbocycles. The molecule has 174 valence electrons. The zero-order valence-corrected chi connectivity index (χ0v) is 19.5. The maximum atomic E-state index is 12.4. The van der Waals surface area contributed by atoms with Gasteiger partial charge in [-0.3, -0.25) is 9.59 Å². The second-order valence-electron chi connectivity index (χ2n) is 7.35. The van der Waals surface area contributed by atoms with Gasteiger partial charge < -0.3 is 9.47 Å². The first-order valence-corrected chi connectivity index (χ1v) is 11.1. The van der Waals surface area contributed by atoms with Crippen LogP contribution < -0.4 is 9.47 Å². The van der Waals surface area contributed by atoms with E-state index in [9.17, 15) is 19.2 Å². The lowest BCUT2D eigenvalue weighted by Gasteiger charge is -2.07. The molecule has 0 radical (unpaired) electrons. The van der Waals surface area contributed by atoms with Crippen molar-refractivity contribution in [3.63, 3.8) is 0 Å². The summed E-state index contributed by atoms with van der Waals surface area (Å²) in [4.78, 5) is 46.5. The van der Waals surface area contributed by atoms with Crippen molar-refractivity contribution in [1.29, 1.82) is 0 Å². The SMILES string of the molecule is O=C(Cl)CCc1ccc(OC(=O)c2ccc(C(=O)Oc3ccc(CCC(=O)Cl)cc3)cc2)cc1. The molecule has 0 aliphatic rings. The van der Waals surface area contributed by atoms with Gasteiger partial charge in [-0.25, -0.2) is 9.59 Å². The monoisotopic (exact) mass is 498 g/mol. The molecule has 0 amide bonds. The Morgan fingerprint density at radius 3 is 1.15 bits per heavy atom. The Bertz CT molecular complexity index is 1070. The fourth-order valence-corrected chi connectivity index (χ4v) is 3.20. The molecule has 0 saturated heterocycles. The predicted octanol–water partition coefficient (Wildman–Crippen LogP) is 5.52. The molecule has 0 heterocycles. The molecule has 3 aromatic rings. The number of carbonyl (C=O) groups excluding carboxylic acids is 4. The van der Waals surface area contributed by atoms with E-state index in [1.807, 2.05) is 0 Å². The molecule has 8 heteroatoms. The highest BCUT2D eigenvalue weighted by molar-refractivity contribution is 6.63. The zero-order chi connectivity index (χ0) is 24.5. The van der Waals surface area contributed by atoms with E-state index in [-0.39, 0.29) is 24.0 Å². The minimum absolute atomic E-state index is 0.234. The van der Waals surface area contributed by atoms with Crippen LogP contribution in [0.4, 0.5) is 0 Å². The van der Waals surface area contributed by atoms with Crippen LogP contribution in [0.3, 0.4) is 0 Å². The molecule has 0 saturated carbocycles. The first-order valence-electron chi connectivity index (χ1n) is 10.4. The van der Waals surface area contributed by atoms with Crippen molar-refractivity contribution in [1.82, 2.24) is 0 Å². The second kappa shape index (κ2) is 12.1. The Hall–Kier alpha value is -3.48. The average Bonchev–Trinajstić information content (AvgIpc) is 2.83. The normalized spacial score (nSPS) is 10.4. The van der Waals surface area contributed by atoms with Gasteiger partial charge >= 0.3 is 11.9 Å². The number of hydrogen-bond acceptors (Lipinski definition) is 6. The van der Waals surface area contributed by atoms with E-state index in [1.165, 1.54) is 24.3 Å². The number of benzene rings is 3. The molecular formula is C26H20Cl2O6. The van der Waals surface area contributed by atoms with Gasteiger partial charge in [0.25, 0.3) is 0 Å². The number of carbonyl (C=O) groups is 4. The van der Waals surface area contributed by atoms with E-state index < -0.39 is 22.4 Å². The summed E-state index contributed by atoms with van der Waals surface area (Å²) in [5, 5.41) is -0.810. The molecule has 0 aliphatic heterocycles. The predicted molar refractivity (Wildman–Crippen MR) is 128 cm³/mol. The first kappa shape index (κ1) is 25.1. The summed E-state index contributed by atoms with van der Waals surface area (Å²) >= 11 is 10.7. The highest BCUT2D eigenvalue weighted by Crippen LogP contribution is 2.18. The summed E-state index contributed by atoms with van der Waals surface area (Å²) in [5.74, 6) is -0.439. The number of ether oxygens (including phenoxy) is 2. The third kappa shape index (κ3) is 7.83. The van der Waals surface area contributed by atoms with Gasteiger partial charge in [-0.05, 0) is 95.7 Å². The van der Waals surface area contributed by atoms with Crippen molar-refractivity contribution >= 4 is 45.6 Å². The molecule has 3 rings (SSSR count). The molecule has 0 aliphatic carbocycles. The molecule has 34 heavy (non-hydrogen) atoms. The van der Waals surface area contributed by atoms with E-state index in [0.717, 1.165) is 11.1 Å². The third-order valence-corrected chi connectivity index (χ3v) is 5.22. The Kier molecular flexibility index (Phi) is 8.96. The standard InChI is InChI=1S/C26H20Cl2O6/c27-23(29)15-5-17-1-11-21(12-2-17)33-25(31)19-7-9-20(10-8-19)26(32)34-22-13-3-18(4-14-22)6-16-24(28)30/h1-4,7-14H,5-6,15-16H2. The van der Waals surface area contributed by atoms with Crippen LogP contribution in [0.5, 0.6) is 11.5 Å². The smallest absolute Gasteiger partial charge is 0.343 e. The van der Waals surface area contributed by atoms with E-state index >= 15 is 0 Å². The maximum absolute atomic E-state index is 12.4. The van der Waals surface area contributed by atoms with Crippen LogP contribution in [0.2, 0.25) is 0 Å². The molecule has 0 spiro atoms. The molecule has 6 nitrogen and oxygen atoms in total. The van der Waals surface area contributed by atoms with Gasteiger partial charge in [0.05, 0.1) is 11.1 Å². The largest absolute Gasteiger partial charge is 0.423 e. The molecule has 0 bridgehead atoms. The van der Waals surface area contributed by atoms with Gasteiger partial charge in [0.1, 0.15) is 11.5 Å². The Labute approximate surface area is 206 Å². The highest BCUT2D eigenvalue weighted by Gasteiger charge is 2.13. The molecular weight excluding hydrogens is 479 g/mol. The summed E-state index contributed by atoms with van der Waals surface area (Å²) in [6.07, 6.45) is 1.48. The van der Waals surface area contributed by atoms with Crippen LogP contribution in [-0.2, 0) is 22.4 Å². The van der Waals surface area contributed by atoms with Crippen LogP contribution in [0.1, 0.15) is 44.7 Å². The van der Waals surface area contributed by atoms with Gasteiger partial charge in [-0.2, -0.15) is 0 Å². The van der Waals surface area contributed by atoms with E-state index in [4.69, 9.17) is 32.7 Å². The molecule has 0 N–H and O–H groups in total. The van der Waals surface area contributed by atoms with Crippen molar-refractivity contribution < 1.29 is 28.7 Å². The molecule has 0 fully saturated rings. The van der Waals surface area contributed by atoms with Crippen LogP contribution in [0, 0.1) is 0 Å². The van der Waals surface area contributed by atoms with Crippen LogP contribution in [0.15, 0.2) is 72.8 Å². The Morgan fingerprint density at radius 2 is 0.853 bits per heavy atom. The Balaban J connectivity index is 1.54. The summed E-state index contributed by atoms with van der Waals surface area (Å²) in [6.45, 7) is 0. The Morgan fingerprint density at radius 1 is 0.529 bits per heavy atom. The summed E-state index contributed by atoms with van der Waals surface area (Å²) in [7, 11) is 0. The lowest BCUT2D eigenvalue weighted by atomic mass is 10.1. The average molecular weight is 499 g/mol. The molecule has 0 unspecified atom stereocenters. The minimum atomic E-state index is -0.574. The van der Waals surface area contributed by atoms with Crippen molar-refractivity contribution in [2.24, 2.45) is 0 Å². The summed E-state index contributed by atoms with van der Waals surface area (Å²) in [5.41, 5.74) is 2.34. The number of esters is 2. The fourth-order valence-electron chi connectivity index (χ4n) is 3.01. The van der Waals surface area contributed by atoms with Crippen molar-refractivity contribution in [2.45, 2.75) is 25.7 Å². The quantitative estimate of drug-likeness (QED) is 0.207. The van der Waals surface area contributed by atoms with Crippen LogP contribution in [-0.4, -0.2) is 22.4 Å². The lowest BCUT2D eigenvalue weighted by molar-refractivity contribution is -0.112. The van der Waals surface area contributed by atoms with Gasteiger partial charge in [0, 0.05) is 12.8 Å². The zero-order valence-electron chi connectivity index (χ0n) is 18.0. The minimum Gasteiger partial charge on any atom is -0.423 e. The lowest BCUT2D eigenvalue weighted by Crippen LogP contribution is -2.11. The van der Waals surface area contributed by atoms with Crippen LogP contribution in [0.25, 0.3) is 0 Å². The number of rotatable bonds is 10. The molecule has 0 atom stereocenters. The van der Waals surface area contributed by atoms with Gasteiger partial charge in [0.2, 0.25) is 10.5 Å². The second-order valence-corrected chi connectivity index (χ2v) is 8.20. The van der Waals surface area contributed by atoms with Crippen LogP contribution >= 0.6 is 23.2 Å². The van der Waals surface area contributed by atoms with E-state index in [2.05, 4.69) is 0 Å². The van der Waals surface area contributed by atoms with E-state index in [1.54, 1.807) is 48.5 Å². The summed E-state index contributed by atoms with van der Waals surface area (Å²) < 4.78 is 10.7. The van der Waals surface area contributed by atoms with Gasteiger partial charge in [-0.1, -0.05) is 24.3 Å². The van der Waals surface area contributed by atoms with Gasteiger partial charge in [0.15, 0.2) is 0 Å². The van der Waals surface area contributed by atoms with E-state index in [0.29, 0.717) is 24.3 Å². The van der Waals surface area contributed by atoms with Crippen molar-refractivity contribution in [3.05, 3.63) is 95.1 Å². The van der Waals surface area contributed by atoms with Gasteiger partial charge in [-0.15, -0.1) is 0 Å². The number of aryl methyl sites for hydroxylation is 2. The number of hydrogen-bond donors (Lipinski definition) is 0. The first-order chi connectivity index (χ1) is 16.3. The highest BCUT2D eigenvalue weighted by atomic mass is 35.5. The maximum Gasteiger partial charge on any atom is 0.343 e. The topological polar surface area (TPSA) is 86.7 Å². The molecule has 0 aromatic heterocycles. The fraction of sp³-hybridized carbons (Fsp3) is 0.154.